The number of benzene rings is 1. The largest absolute Gasteiger partial charge is 0.497 e. The van der Waals surface area contributed by atoms with Crippen molar-refractivity contribution in [3.63, 3.8) is 0 Å². The summed E-state index contributed by atoms with van der Waals surface area (Å²) in [5.41, 5.74) is -0.530. The zero-order chi connectivity index (χ0) is 17.3. The van der Waals surface area contributed by atoms with Crippen LogP contribution in [0.4, 0.5) is 5.69 Å². The zero-order valence-electron chi connectivity index (χ0n) is 13.6. The summed E-state index contributed by atoms with van der Waals surface area (Å²) in [6.45, 7) is 1.31. The number of β-lactam (4-membered cyclic amide) rings is 1. The fourth-order valence-electron chi connectivity index (χ4n) is 2.81. The van der Waals surface area contributed by atoms with E-state index in [2.05, 4.69) is 15.4 Å². The summed E-state index contributed by atoms with van der Waals surface area (Å²) in [5, 5.41) is 11.8. The van der Waals surface area contributed by atoms with E-state index in [1.165, 1.54) is 16.6 Å². The average molecular weight is 331 g/mol. The Morgan fingerprint density at radius 3 is 2.54 bits per heavy atom. The van der Waals surface area contributed by atoms with Gasteiger partial charge in [-0.25, -0.2) is 0 Å². The molecule has 1 fully saturated rings. The van der Waals surface area contributed by atoms with Gasteiger partial charge in [-0.1, -0.05) is 0 Å². The van der Waals surface area contributed by atoms with Crippen LogP contribution in [0.1, 0.15) is 19.2 Å². The number of methoxy groups -OCH3 is 1. The Balaban J connectivity index is 1.94. The summed E-state index contributed by atoms with van der Waals surface area (Å²) >= 11 is 0. The quantitative estimate of drug-likeness (QED) is 0.579. The third-order valence-electron chi connectivity index (χ3n) is 3.73. The van der Waals surface area contributed by atoms with Crippen molar-refractivity contribution >= 4 is 17.6 Å². The molecule has 0 N–H and O–H groups in total. The summed E-state index contributed by atoms with van der Waals surface area (Å²) in [6.07, 6.45) is 0.231. The molecular formula is C15H17N5O4. The van der Waals surface area contributed by atoms with Gasteiger partial charge in [-0.3, -0.25) is 14.5 Å². The van der Waals surface area contributed by atoms with Crippen LogP contribution in [0.15, 0.2) is 24.3 Å². The van der Waals surface area contributed by atoms with Crippen LogP contribution < -0.4 is 9.64 Å². The van der Waals surface area contributed by atoms with Crippen molar-refractivity contribution in [3.05, 3.63) is 30.1 Å². The molecule has 9 heteroatoms. The molecular weight excluding hydrogens is 314 g/mol. The lowest BCUT2D eigenvalue weighted by molar-refractivity contribution is -0.170. The van der Waals surface area contributed by atoms with Crippen LogP contribution in [0.5, 0.6) is 5.75 Å². The van der Waals surface area contributed by atoms with Gasteiger partial charge >= 0.3 is 5.97 Å². The predicted molar refractivity (Wildman–Crippen MR) is 82.1 cm³/mol. The van der Waals surface area contributed by atoms with E-state index in [4.69, 9.17) is 9.47 Å². The van der Waals surface area contributed by atoms with E-state index >= 15 is 0 Å². The SMILES string of the molecule is COc1ccc(N2C(=O)CC2(Cc2nnn(C)n2)OC(C)=O)cc1. The lowest BCUT2D eigenvalue weighted by Crippen LogP contribution is -2.67. The number of aromatic nitrogens is 4. The minimum absolute atomic E-state index is 0.0663. The molecule has 9 nitrogen and oxygen atoms in total. The van der Waals surface area contributed by atoms with Gasteiger partial charge < -0.3 is 9.47 Å². The molecule has 24 heavy (non-hydrogen) atoms. The molecule has 3 rings (SSSR count). The lowest BCUT2D eigenvalue weighted by Gasteiger charge is -2.49. The Morgan fingerprint density at radius 2 is 2.04 bits per heavy atom. The topological polar surface area (TPSA) is 99.4 Å². The van der Waals surface area contributed by atoms with Gasteiger partial charge in [0, 0.05) is 12.6 Å². The van der Waals surface area contributed by atoms with Crippen molar-refractivity contribution in [2.75, 3.05) is 12.0 Å². The van der Waals surface area contributed by atoms with Gasteiger partial charge in [0.25, 0.3) is 0 Å². The Labute approximate surface area is 138 Å². The van der Waals surface area contributed by atoms with Crippen LogP contribution >= 0.6 is 0 Å². The van der Waals surface area contributed by atoms with E-state index in [0.29, 0.717) is 17.3 Å². The highest BCUT2D eigenvalue weighted by molar-refractivity contribution is 6.02. The zero-order valence-corrected chi connectivity index (χ0v) is 13.6. The molecule has 1 amide bonds. The summed E-state index contributed by atoms with van der Waals surface area (Å²) in [5.74, 6) is 0.431. The summed E-state index contributed by atoms with van der Waals surface area (Å²) in [4.78, 5) is 26.6. The van der Waals surface area contributed by atoms with Gasteiger partial charge in [0.1, 0.15) is 5.75 Å². The molecule has 126 valence electrons. The molecule has 1 saturated heterocycles. The van der Waals surface area contributed by atoms with Crippen molar-refractivity contribution in [1.82, 2.24) is 20.2 Å². The molecule has 2 aromatic rings. The Kier molecular flexibility index (Phi) is 3.92. The van der Waals surface area contributed by atoms with Crippen LogP contribution in [-0.4, -0.2) is 44.9 Å². The van der Waals surface area contributed by atoms with Gasteiger partial charge in [0.05, 0.1) is 27.0 Å². The first kappa shape index (κ1) is 15.9. The predicted octanol–water partition coefficient (Wildman–Crippen LogP) is 0.457. The minimum Gasteiger partial charge on any atom is -0.497 e. The number of hydrogen-bond acceptors (Lipinski definition) is 7. The number of rotatable bonds is 5. The second-order valence-electron chi connectivity index (χ2n) is 5.52. The number of amides is 1. The van der Waals surface area contributed by atoms with Crippen molar-refractivity contribution in [3.8, 4) is 5.75 Å². The third kappa shape index (κ3) is 2.80. The normalized spacial score (nSPS) is 19.8. The number of tetrazole rings is 1. The number of esters is 1. The maximum absolute atomic E-state index is 12.2. The van der Waals surface area contributed by atoms with Crippen molar-refractivity contribution in [2.45, 2.75) is 25.5 Å². The van der Waals surface area contributed by atoms with E-state index in [1.807, 2.05) is 0 Å². The van der Waals surface area contributed by atoms with E-state index in [1.54, 1.807) is 38.4 Å². The molecule has 2 heterocycles. The van der Waals surface area contributed by atoms with Crippen molar-refractivity contribution in [1.29, 1.82) is 0 Å². The maximum Gasteiger partial charge on any atom is 0.304 e. The molecule has 1 aromatic heterocycles. The van der Waals surface area contributed by atoms with E-state index < -0.39 is 11.7 Å². The second-order valence-corrected chi connectivity index (χ2v) is 5.52. The van der Waals surface area contributed by atoms with Gasteiger partial charge in [-0.15, -0.1) is 10.2 Å². The molecule has 0 bridgehead atoms. The Bertz CT molecular complexity index is 772. The number of nitrogens with zero attached hydrogens (tertiary/aromatic N) is 5. The molecule has 1 atom stereocenters. The number of hydrogen-bond donors (Lipinski definition) is 0. The first-order valence-corrected chi connectivity index (χ1v) is 7.33. The van der Waals surface area contributed by atoms with Crippen LogP contribution in [-0.2, 0) is 27.8 Å². The van der Waals surface area contributed by atoms with Crippen molar-refractivity contribution < 1.29 is 19.1 Å². The Morgan fingerprint density at radius 1 is 1.33 bits per heavy atom. The first-order chi connectivity index (χ1) is 11.4. The Hall–Kier alpha value is -2.97. The maximum atomic E-state index is 12.2. The third-order valence-corrected chi connectivity index (χ3v) is 3.73. The lowest BCUT2D eigenvalue weighted by atomic mass is 9.91. The summed E-state index contributed by atoms with van der Waals surface area (Å²) in [6, 6.07) is 6.94. The molecule has 1 aliphatic rings. The van der Waals surface area contributed by atoms with Crippen LogP contribution in [0.2, 0.25) is 0 Å². The summed E-state index contributed by atoms with van der Waals surface area (Å²) < 4.78 is 10.6. The van der Waals surface area contributed by atoms with Gasteiger partial charge in [-0.05, 0) is 29.5 Å². The molecule has 0 saturated carbocycles. The molecule has 1 aliphatic heterocycles. The van der Waals surface area contributed by atoms with Crippen molar-refractivity contribution in [2.24, 2.45) is 7.05 Å². The van der Waals surface area contributed by atoms with E-state index in [0.717, 1.165) is 0 Å². The van der Waals surface area contributed by atoms with Crippen LogP contribution in [0.25, 0.3) is 0 Å². The fourth-order valence-corrected chi connectivity index (χ4v) is 2.81. The van der Waals surface area contributed by atoms with Crippen LogP contribution in [0, 0.1) is 0 Å². The van der Waals surface area contributed by atoms with Gasteiger partial charge in [0.2, 0.25) is 11.6 Å². The van der Waals surface area contributed by atoms with Crippen LogP contribution in [0.3, 0.4) is 0 Å². The molecule has 1 aromatic carbocycles. The standard InChI is InChI=1S/C15H17N5O4/c1-10(21)24-15(8-13-16-18-19(2)17-13)9-14(22)20(15)11-4-6-12(23-3)7-5-11/h4-7H,8-9H2,1-3H3. The number of carbonyl (C=O) groups is 2. The van der Waals surface area contributed by atoms with E-state index in [-0.39, 0.29) is 18.7 Å². The van der Waals surface area contributed by atoms with Gasteiger partial charge in [-0.2, -0.15) is 4.80 Å². The second kappa shape index (κ2) is 5.91. The molecule has 1 unspecified atom stereocenters. The van der Waals surface area contributed by atoms with Gasteiger partial charge in [0.15, 0.2) is 5.82 Å². The summed E-state index contributed by atoms with van der Waals surface area (Å²) in [7, 11) is 3.20. The monoisotopic (exact) mass is 331 g/mol. The molecule has 0 aliphatic carbocycles. The molecule has 0 radical (unpaired) electrons. The average Bonchev–Trinajstić information content (AvgIpc) is 2.91. The number of aryl methyl sites for hydroxylation is 1. The number of ether oxygens (including phenoxy) is 2. The smallest absolute Gasteiger partial charge is 0.304 e. The highest BCUT2D eigenvalue weighted by atomic mass is 16.6. The van der Waals surface area contributed by atoms with E-state index in [9.17, 15) is 9.59 Å². The number of carbonyl (C=O) groups excluding carboxylic acids is 2. The highest BCUT2D eigenvalue weighted by Gasteiger charge is 2.55. The molecule has 0 spiro atoms. The highest BCUT2D eigenvalue weighted by Crippen LogP contribution is 2.40. The fraction of sp³-hybridized carbons (Fsp3) is 0.400. The number of anilines is 1. The first-order valence-electron chi connectivity index (χ1n) is 7.33. The minimum atomic E-state index is -1.14.